The van der Waals surface area contributed by atoms with Crippen LogP contribution in [0.3, 0.4) is 0 Å². The summed E-state index contributed by atoms with van der Waals surface area (Å²) < 4.78 is 10.6. The van der Waals surface area contributed by atoms with Crippen molar-refractivity contribution in [3.63, 3.8) is 0 Å². The topological polar surface area (TPSA) is 72.9 Å². The Morgan fingerprint density at radius 3 is 2.12 bits per heavy atom. The number of imide groups is 1. The molecule has 3 rings (SSSR count). The molecule has 0 aromatic heterocycles. The van der Waals surface area contributed by atoms with Gasteiger partial charge in [-0.15, -0.1) is 0 Å². The zero-order valence-corrected chi connectivity index (χ0v) is 14.6. The summed E-state index contributed by atoms with van der Waals surface area (Å²) >= 11 is 0. The van der Waals surface area contributed by atoms with E-state index < -0.39 is 23.8 Å². The predicted octanol–water partition coefficient (Wildman–Crippen LogP) is 2.60. The molecule has 134 valence electrons. The molecule has 1 atom stereocenters. The van der Waals surface area contributed by atoms with Crippen molar-refractivity contribution in [1.82, 2.24) is 4.90 Å². The second-order valence-corrected chi connectivity index (χ2v) is 6.03. The van der Waals surface area contributed by atoms with Crippen LogP contribution >= 0.6 is 0 Å². The van der Waals surface area contributed by atoms with Crippen molar-refractivity contribution >= 4 is 17.8 Å². The molecule has 2 amide bonds. The summed E-state index contributed by atoms with van der Waals surface area (Å²) in [5.74, 6) is -0.927. The normalized spacial score (nSPS) is 14.2. The predicted molar refractivity (Wildman–Crippen MR) is 94.0 cm³/mol. The van der Waals surface area contributed by atoms with E-state index in [1.807, 2.05) is 31.2 Å². The summed E-state index contributed by atoms with van der Waals surface area (Å²) in [5.41, 5.74) is 1.73. The lowest BCUT2D eigenvalue weighted by Gasteiger charge is -2.20. The SMILES string of the molecule is Cc1ccc(OCCOC(=O)[C@H](C)N2C(=O)c3ccccc3C2=O)cc1. The van der Waals surface area contributed by atoms with Gasteiger partial charge in [-0.25, -0.2) is 4.79 Å². The first-order valence-corrected chi connectivity index (χ1v) is 8.32. The highest BCUT2D eigenvalue weighted by atomic mass is 16.6. The van der Waals surface area contributed by atoms with Crippen LogP contribution in [0, 0.1) is 6.92 Å². The maximum Gasteiger partial charge on any atom is 0.329 e. The van der Waals surface area contributed by atoms with Crippen LogP contribution in [-0.4, -0.2) is 41.9 Å². The number of nitrogens with zero attached hydrogens (tertiary/aromatic N) is 1. The van der Waals surface area contributed by atoms with Crippen molar-refractivity contribution in [3.05, 3.63) is 65.2 Å². The van der Waals surface area contributed by atoms with Crippen LogP contribution in [0.4, 0.5) is 0 Å². The summed E-state index contributed by atoms with van der Waals surface area (Å²) in [5, 5.41) is 0. The number of ether oxygens (including phenoxy) is 2. The van der Waals surface area contributed by atoms with E-state index in [4.69, 9.17) is 9.47 Å². The number of amides is 2. The highest BCUT2D eigenvalue weighted by molar-refractivity contribution is 6.22. The molecule has 0 N–H and O–H groups in total. The fourth-order valence-corrected chi connectivity index (χ4v) is 2.72. The molecule has 1 aliphatic heterocycles. The lowest BCUT2D eigenvalue weighted by molar-refractivity contribution is -0.148. The van der Waals surface area contributed by atoms with Gasteiger partial charge in [-0.05, 0) is 38.1 Å². The number of fused-ring (bicyclic) bond motifs is 1. The molecule has 0 saturated heterocycles. The summed E-state index contributed by atoms with van der Waals surface area (Å²) in [6.45, 7) is 3.67. The Morgan fingerprint density at radius 2 is 1.54 bits per heavy atom. The molecule has 6 heteroatoms. The molecule has 6 nitrogen and oxygen atoms in total. The summed E-state index contributed by atoms with van der Waals surface area (Å²) in [4.78, 5) is 37.9. The van der Waals surface area contributed by atoms with Crippen molar-refractivity contribution in [1.29, 1.82) is 0 Å². The highest BCUT2D eigenvalue weighted by Crippen LogP contribution is 2.24. The van der Waals surface area contributed by atoms with Gasteiger partial charge in [0.15, 0.2) is 0 Å². The number of benzene rings is 2. The molecule has 0 fully saturated rings. The van der Waals surface area contributed by atoms with Crippen LogP contribution < -0.4 is 4.74 Å². The molecule has 26 heavy (non-hydrogen) atoms. The van der Waals surface area contributed by atoms with Gasteiger partial charge < -0.3 is 9.47 Å². The smallest absolute Gasteiger partial charge is 0.329 e. The van der Waals surface area contributed by atoms with E-state index in [9.17, 15) is 14.4 Å². The van der Waals surface area contributed by atoms with Gasteiger partial charge in [0.1, 0.15) is 25.0 Å². The number of carbonyl (C=O) groups excluding carboxylic acids is 3. The second-order valence-electron chi connectivity index (χ2n) is 6.03. The summed E-state index contributed by atoms with van der Waals surface area (Å²) in [7, 11) is 0. The van der Waals surface area contributed by atoms with E-state index in [0.717, 1.165) is 10.5 Å². The molecular weight excluding hydrogens is 334 g/mol. The lowest BCUT2D eigenvalue weighted by atomic mass is 10.1. The van der Waals surface area contributed by atoms with Gasteiger partial charge in [-0.3, -0.25) is 14.5 Å². The maximum absolute atomic E-state index is 12.4. The summed E-state index contributed by atoms with van der Waals surface area (Å²) in [6, 6.07) is 13.0. The maximum atomic E-state index is 12.4. The highest BCUT2D eigenvalue weighted by Gasteiger charge is 2.41. The Bertz CT molecular complexity index is 809. The Kier molecular flexibility index (Phi) is 5.02. The zero-order chi connectivity index (χ0) is 18.7. The van der Waals surface area contributed by atoms with Crippen LogP contribution in [0.2, 0.25) is 0 Å². The third-order valence-electron chi connectivity index (χ3n) is 4.17. The minimum absolute atomic E-state index is 0.0280. The monoisotopic (exact) mass is 353 g/mol. The van der Waals surface area contributed by atoms with Crippen molar-refractivity contribution in [2.45, 2.75) is 19.9 Å². The second kappa shape index (κ2) is 7.39. The molecule has 0 spiro atoms. The van der Waals surface area contributed by atoms with E-state index in [1.165, 1.54) is 6.92 Å². The molecule has 0 radical (unpaired) electrons. The number of esters is 1. The Hall–Kier alpha value is -3.15. The number of hydrogen-bond acceptors (Lipinski definition) is 5. The first kappa shape index (κ1) is 17.7. The van der Waals surface area contributed by atoms with Gasteiger partial charge in [-0.1, -0.05) is 29.8 Å². The van der Waals surface area contributed by atoms with Gasteiger partial charge in [0.25, 0.3) is 11.8 Å². The largest absolute Gasteiger partial charge is 0.490 e. The average molecular weight is 353 g/mol. The van der Waals surface area contributed by atoms with Gasteiger partial charge >= 0.3 is 5.97 Å². The molecule has 1 aliphatic rings. The van der Waals surface area contributed by atoms with Gasteiger partial charge in [0.2, 0.25) is 0 Å². The van der Waals surface area contributed by atoms with Gasteiger partial charge in [0, 0.05) is 0 Å². The third kappa shape index (κ3) is 3.44. The average Bonchev–Trinajstić information content (AvgIpc) is 2.90. The number of carbonyl (C=O) groups is 3. The van der Waals surface area contributed by atoms with E-state index in [0.29, 0.717) is 16.9 Å². The lowest BCUT2D eigenvalue weighted by Crippen LogP contribution is -2.44. The van der Waals surface area contributed by atoms with Crippen LogP contribution in [0.5, 0.6) is 5.75 Å². The molecule has 0 aliphatic carbocycles. The molecule has 0 saturated carbocycles. The van der Waals surface area contributed by atoms with Crippen LogP contribution in [-0.2, 0) is 9.53 Å². The first-order chi connectivity index (χ1) is 12.5. The fourth-order valence-electron chi connectivity index (χ4n) is 2.72. The Labute approximate surface area is 151 Å². The van der Waals surface area contributed by atoms with Crippen molar-refractivity contribution < 1.29 is 23.9 Å². The van der Waals surface area contributed by atoms with Gasteiger partial charge in [0.05, 0.1) is 11.1 Å². The van der Waals surface area contributed by atoms with Crippen molar-refractivity contribution in [3.8, 4) is 5.75 Å². The van der Waals surface area contributed by atoms with Gasteiger partial charge in [-0.2, -0.15) is 0 Å². The zero-order valence-electron chi connectivity index (χ0n) is 14.6. The van der Waals surface area contributed by atoms with E-state index in [2.05, 4.69) is 0 Å². The number of rotatable bonds is 6. The third-order valence-corrected chi connectivity index (χ3v) is 4.17. The van der Waals surface area contributed by atoms with Crippen molar-refractivity contribution in [2.75, 3.05) is 13.2 Å². The Morgan fingerprint density at radius 1 is 0.962 bits per heavy atom. The molecule has 0 unspecified atom stereocenters. The van der Waals surface area contributed by atoms with Crippen molar-refractivity contribution in [2.24, 2.45) is 0 Å². The quantitative estimate of drug-likeness (QED) is 0.453. The standard InChI is InChI=1S/C20H19NO5/c1-13-7-9-15(10-8-13)25-11-12-26-20(24)14(2)21-18(22)16-5-3-4-6-17(16)19(21)23/h3-10,14H,11-12H2,1-2H3/t14-/m0/s1. The molecule has 1 heterocycles. The van der Waals surface area contributed by atoms with E-state index in [-0.39, 0.29) is 13.2 Å². The number of hydrogen-bond donors (Lipinski definition) is 0. The minimum atomic E-state index is -0.998. The summed E-state index contributed by atoms with van der Waals surface area (Å²) in [6.07, 6.45) is 0. The van der Waals surface area contributed by atoms with E-state index in [1.54, 1.807) is 24.3 Å². The van der Waals surface area contributed by atoms with Crippen LogP contribution in [0.1, 0.15) is 33.2 Å². The number of aryl methyl sites for hydroxylation is 1. The molecule has 0 bridgehead atoms. The van der Waals surface area contributed by atoms with Crippen LogP contribution in [0.25, 0.3) is 0 Å². The van der Waals surface area contributed by atoms with Crippen LogP contribution in [0.15, 0.2) is 48.5 Å². The minimum Gasteiger partial charge on any atom is -0.490 e. The first-order valence-electron chi connectivity index (χ1n) is 8.32. The van der Waals surface area contributed by atoms with E-state index >= 15 is 0 Å². The molecule has 2 aromatic rings. The Balaban J connectivity index is 1.53. The molecular formula is C20H19NO5. The fraction of sp³-hybridized carbons (Fsp3) is 0.250. The molecule has 2 aromatic carbocycles.